The fourth-order valence-corrected chi connectivity index (χ4v) is 3.46. The van der Waals surface area contributed by atoms with Crippen molar-refractivity contribution in [1.82, 2.24) is 0 Å². The standard InChI is InChI=1S/C18H26O3/c1-12-7-8-15(9-13(12)2)17(18(19)20)11-14-5-4-6-16(10-14)21-3/h4-6,10,12-13,15,17H,7-9,11H2,1-3H3,(H,19,20). The molecule has 21 heavy (non-hydrogen) atoms. The third kappa shape index (κ3) is 3.99. The zero-order valence-electron chi connectivity index (χ0n) is 13.2. The summed E-state index contributed by atoms with van der Waals surface area (Å²) in [6.45, 7) is 4.53. The lowest BCUT2D eigenvalue weighted by Crippen LogP contribution is -2.32. The summed E-state index contributed by atoms with van der Waals surface area (Å²) in [6, 6.07) is 7.76. The zero-order valence-corrected chi connectivity index (χ0v) is 13.2. The van der Waals surface area contributed by atoms with Gasteiger partial charge in [0.2, 0.25) is 0 Å². The van der Waals surface area contributed by atoms with E-state index in [0.29, 0.717) is 24.2 Å². The highest BCUT2D eigenvalue weighted by molar-refractivity contribution is 5.71. The van der Waals surface area contributed by atoms with Crippen LogP contribution in [0, 0.1) is 23.7 Å². The molecule has 1 aromatic rings. The average Bonchev–Trinajstić information content (AvgIpc) is 2.47. The molecule has 1 fully saturated rings. The summed E-state index contributed by atoms with van der Waals surface area (Å²) < 4.78 is 5.23. The first-order valence-corrected chi connectivity index (χ1v) is 7.87. The molecule has 0 saturated heterocycles. The van der Waals surface area contributed by atoms with Gasteiger partial charge in [-0.3, -0.25) is 4.79 Å². The van der Waals surface area contributed by atoms with Crippen LogP contribution in [0.25, 0.3) is 0 Å². The van der Waals surface area contributed by atoms with Gasteiger partial charge in [0.25, 0.3) is 0 Å². The van der Waals surface area contributed by atoms with Crippen molar-refractivity contribution in [3.05, 3.63) is 29.8 Å². The highest BCUT2D eigenvalue weighted by Gasteiger charge is 2.34. The van der Waals surface area contributed by atoms with Crippen molar-refractivity contribution in [3.8, 4) is 5.75 Å². The van der Waals surface area contributed by atoms with Crippen LogP contribution in [-0.2, 0) is 11.2 Å². The number of aliphatic carboxylic acids is 1. The fraction of sp³-hybridized carbons (Fsp3) is 0.611. The van der Waals surface area contributed by atoms with Crippen molar-refractivity contribution >= 4 is 5.97 Å². The fourth-order valence-electron chi connectivity index (χ4n) is 3.46. The van der Waals surface area contributed by atoms with Crippen LogP contribution in [0.3, 0.4) is 0 Å². The van der Waals surface area contributed by atoms with Gasteiger partial charge >= 0.3 is 5.97 Å². The molecule has 0 amide bonds. The number of carboxylic acid groups (broad SMARTS) is 1. The van der Waals surface area contributed by atoms with Gasteiger partial charge in [0.15, 0.2) is 0 Å². The van der Waals surface area contributed by atoms with E-state index in [4.69, 9.17) is 4.74 Å². The lowest BCUT2D eigenvalue weighted by Gasteiger charge is -2.35. The molecule has 1 aromatic carbocycles. The van der Waals surface area contributed by atoms with E-state index >= 15 is 0 Å². The van der Waals surface area contributed by atoms with Gasteiger partial charge in [0.1, 0.15) is 5.75 Å². The smallest absolute Gasteiger partial charge is 0.307 e. The molecule has 2 rings (SSSR count). The van der Waals surface area contributed by atoms with Crippen LogP contribution >= 0.6 is 0 Å². The molecule has 0 spiro atoms. The summed E-state index contributed by atoms with van der Waals surface area (Å²) in [6.07, 6.45) is 3.81. The molecule has 4 atom stereocenters. The number of carboxylic acids is 1. The third-order valence-electron chi connectivity index (χ3n) is 5.11. The van der Waals surface area contributed by atoms with Gasteiger partial charge in [0, 0.05) is 0 Å². The van der Waals surface area contributed by atoms with Gasteiger partial charge in [-0.25, -0.2) is 0 Å². The first kappa shape index (κ1) is 15.9. The van der Waals surface area contributed by atoms with Crippen LogP contribution in [-0.4, -0.2) is 18.2 Å². The largest absolute Gasteiger partial charge is 0.497 e. The summed E-state index contributed by atoms with van der Waals surface area (Å²) in [7, 11) is 1.64. The minimum atomic E-state index is -0.662. The third-order valence-corrected chi connectivity index (χ3v) is 5.11. The van der Waals surface area contributed by atoms with Gasteiger partial charge in [0.05, 0.1) is 13.0 Å². The SMILES string of the molecule is COc1cccc(CC(C(=O)O)C2CCC(C)C(C)C2)c1. The minimum absolute atomic E-state index is 0.285. The Bertz CT molecular complexity index is 483. The monoisotopic (exact) mass is 290 g/mol. The number of methoxy groups -OCH3 is 1. The molecule has 0 aliphatic heterocycles. The molecular formula is C18H26O3. The van der Waals surface area contributed by atoms with Crippen LogP contribution in [0.5, 0.6) is 5.75 Å². The maximum atomic E-state index is 11.7. The molecule has 116 valence electrons. The van der Waals surface area contributed by atoms with E-state index in [1.54, 1.807) is 7.11 Å². The second-order valence-corrected chi connectivity index (χ2v) is 6.53. The molecule has 1 aliphatic rings. The molecule has 3 nitrogen and oxygen atoms in total. The van der Waals surface area contributed by atoms with Crippen molar-refractivity contribution in [2.45, 2.75) is 39.5 Å². The first-order valence-electron chi connectivity index (χ1n) is 7.87. The Kier molecular flexibility index (Phi) is 5.27. The zero-order chi connectivity index (χ0) is 15.4. The van der Waals surface area contributed by atoms with Gasteiger partial charge in [-0.05, 0) is 54.7 Å². The Morgan fingerprint density at radius 1 is 1.33 bits per heavy atom. The second-order valence-electron chi connectivity index (χ2n) is 6.53. The number of carbonyl (C=O) groups is 1. The molecule has 0 aromatic heterocycles. The number of benzene rings is 1. The van der Waals surface area contributed by atoms with Crippen molar-refractivity contribution in [1.29, 1.82) is 0 Å². The van der Waals surface area contributed by atoms with E-state index < -0.39 is 5.97 Å². The maximum absolute atomic E-state index is 11.7. The summed E-state index contributed by atoms with van der Waals surface area (Å²) in [4.78, 5) is 11.7. The quantitative estimate of drug-likeness (QED) is 0.891. The Hall–Kier alpha value is -1.51. The molecule has 1 N–H and O–H groups in total. The Labute approximate surface area is 127 Å². The molecule has 0 heterocycles. The van der Waals surface area contributed by atoms with Gasteiger partial charge in [-0.1, -0.05) is 32.4 Å². The summed E-state index contributed by atoms with van der Waals surface area (Å²) in [5.41, 5.74) is 1.05. The Morgan fingerprint density at radius 2 is 2.10 bits per heavy atom. The number of rotatable bonds is 5. The van der Waals surface area contributed by atoms with Crippen LogP contribution < -0.4 is 4.74 Å². The van der Waals surface area contributed by atoms with Crippen molar-refractivity contribution in [2.75, 3.05) is 7.11 Å². The molecular weight excluding hydrogens is 264 g/mol. The van der Waals surface area contributed by atoms with Gasteiger partial charge in [-0.15, -0.1) is 0 Å². The van der Waals surface area contributed by atoms with Gasteiger partial charge in [-0.2, -0.15) is 0 Å². The van der Waals surface area contributed by atoms with Crippen LogP contribution in [0.4, 0.5) is 0 Å². The molecule has 1 aliphatic carbocycles. The molecule has 0 radical (unpaired) electrons. The summed E-state index contributed by atoms with van der Waals surface area (Å²) >= 11 is 0. The van der Waals surface area contributed by atoms with Crippen LogP contribution in [0.1, 0.15) is 38.7 Å². The van der Waals surface area contributed by atoms with Crippen molar-refractivity contribution < 1.29 is 14.6 Å². The highest BCUT2D eigenvalue weighted by atomic mass is 16.5. The summed E-state index contributed by atoms with van der Waals surface area (Å²) in [5, 5.41) is 9.63. The lowest BCUT2D eigenvalue weighted by molar-refractivity contribution is -0.144. The number of hydrogen-bond acceptors (Lipinski definition) is 2. The maximum Gasteiger partial charge on any atom is 0.307 e. The van der Waals surface area contributed by atoms with E-state index in [-0.39, 0.29) is 5.92 Å². The van der Waals surface area contributed by atoms with E-state index in [9.17, 15) is 9.90 Å². The van der Waals surface area contributed by atoms with Crippen molar-refractivity contribution in [3.63, 3.8) is 0 Å². The number of ether oxygens (including phenoxy) is 1. The Morgan fingerprint density at radius 3 is 2.71 bits per heavy atom. The Balaban J connectivity index is 2.10. The normalized spacial score (nSPS) is 27.1. The van der Waals surface area contributed by atoms with Crippen LogP contribution in [0.2, 0.25) is 0 Å². The van der Waals surface area contributed by atoms with E-state index in [2.05, 4.69) is 13.8 Å². The van der Waals surface area contributed by atoms with E-state index in [1.165, 1.54) is 0 Å². The van der Waals surface area contributed by atoms with E-state index in [0.717, 1.165) is 30.6 Å². The molecule has 3 heteroatoms. The van der Waals surface area contributed by atoms with Gasteiger partial charge < -0.3 is 9.84 Å². The number of hydrogen-bond donors (Lipinski definition) is 1. The minimum Gasteiger partial charge on any atom is -0.497 e. The predicted octanol–water partition coefficient (Wildman–Crippen LogP) is 4.01. The van der Waals surface area contributed by atoms with Crippen LogP contribution in [0.15, 0.2) is 24.3 Å². The topological polar surface area (TPSA) is 46.5 Å². The van der Waals surface area contributed by atoms with E-state index in [1.807, 2.05) is 24.3 Å². The molecule has 4 unspecified atom stereocenters. The molecule has 0 bridgehead atoms. The predicted molar refractivity (Wildman–Crippen MR) is 83.5 cm³/mol. The lowest BCUT2D eigenvalue weighted by atomic mass is 9.70. The average molecular weight is 290 g/mol. The first-order chi connectivity index (χ1) is 10.0. The summed E-state index contributed by atoms with van der Waals surface area (Å²) in [5.74, 6) is 1.47. The highest BCUT2D eigenvalue weighted by Crippen LogP contribution is 2.38. The van der Waals surface area contributed by atoms with Crippen molar-refractivity contribution in [2.24, 2.45) is 23.7 Å². The second kappa shape index (κ2) is 6.97. The molecule has 1 saturated carbocycles.